The van der Waals surface area contributed by atoms with Crippen molar-refractivity contribution >= 4 is 32.5 Å². The molecule has 21 heavy (non-hydrogen) atoms. The van der Waals surface area contributed by atoms with Gasteiger partial charge in [0.05, 0.1) is 11.0 Å². The van der Waals surface area contributed by atoms with Crippen LogP contribution in [0.1, 0.15) is 5.56 Å². The molecule has 0 fully saturated rings. The van der Waals surface area contributed by atoms with E-state index in [9.17, 15) is 0 Å². The van der Waals surface area contributed by atoms with E-state index in [0.717, 1.165) is 22.4 Å². The number of nitrogens with zero attached hydrogens (tertiary/aromatic N) is 2. The number of aryl methyl sites for hydroxylation is 1. The lowest BCUT2D eigenvalue weighted by Crippen LogP contribution is -1.96. The van der Waals surface area contributed by atoms with Gasteiger partial charge in [-0.2, -0.15) is 0 Å². The van der Waals surface area contributed by atoms with E-state index in [2.05, 4.69) is 53.4 Å². The van der Waals surface area contributed by atoms with Crippen LogP contribution in [0.4, 0.5) is 0 Å². The minimum atomic E-state index is 0.553. The second-order valence-electron chi connectivity index (χ2n) is 5.17. The molecule has 2 N–H and O–H groups in total. The Hall–Kier alpha value is -2.17. The molecule has 4 rings (SSSR count). The molecule has 2 heterocycles. The summed E-state index contributed by atoms with van der Waals surface area (Å²) in [5.41, 5.74) is 10.2. The minimum absolute atomic E-state index is 0.553. The van der Waals surface area contributed by atoms with Gasteiger partial charge >= 0.3 is 0 Å². The standard InChI is InChI=1S/C17H15N3S/c1-20-15-8-11(9-18)6-7-14(15)19-17(20)13-10-21-16-5-3-2-4-12(13)16/h2-8,10H,9,18H2,1H3. The second kappa shape index (κ2) is 4.69. The largest absolute Gasteiger partial charge is 0.327 e. The average molecular weight is 293 g/mol. The fourth-order valence-electron chi connectivity index (χ4n) is 2.75. The lowest BCUT2D eigenvalue weighted by Gasteiger charge is -2.02. The van der Waals surface area contributed by atoms with Crippen molar-refractivity contribution in [3.8, 4) is 11.4 Å². The van der Waals surface area contributed by atoms with Gasteiger partial charge in [0.2, 0.25) is 0 Å². The average Bonchev–Trinajstić information content (AvgIpc) is 3.08. The summed E-state index contributed by atoms with van der Waals surface area (Å²) in [7, 11) is 2.07. The molecular formula is C17H15N3S. The summed E-state index contributed by atoms with van der Waals surface area (Å²) in [4.78, 5) is 4.81. The Labute approximate surface area is 126 Å². The summed E-state index contributed by atoms with van der Waals surface area (Å²) in [5, 5.41) is 3.45. The zero-order valence-corrected chi connectivity index (χ0v) is 12.5. The van der Waals surface area contributed by atoms with Crippen LogP contribution >= 0.6 is 11.3 Å². The monoisotopic (exact) mass is 293 g/mol. The van der Waals surface area contributed by atoms with Gasteiger partial charge in [-0.05, 0) is 23.8 Å². The molecule has 3 nitrogen and oxygen atoms in total. The molecular weight excluding hydrogens is 278 g/mol. The van der Waals surface area contributed by atoms with Gasteiger partial charge in [-0.15, -0.1) is 11.3 Å². The Balaban J connectivity index is 2.00. The number of thiophene rings is 1. The first kappa shape index (κ1) is 12.6. The fourth-order valence-corrected chi connectivity index (χ4v) is 3.69. The first-order chi connectivity index (χ1) is 10.3. The number of nitrogens with two attached hydrogens (primary N) is 1. The van der Waals surface area contributed by atoms with Gasteiger partial charge in [-0.3, -0.25) is 0 Å². The molecule has 0 aliphatic heterocycles. The SMILES string of the molecule is Cn1c(-c2csc3ccccc23)nc2ccc(CN)cc21. The summed E-state index contributed by atoms with van der Waals surface area (Å²) >= 11 is 1.76. The van der Waals surface area contributed by atoms with E-state index in [1.54, 1.807) is 11.3 Å². The van der Waals surface area contributed by atoms with Crippen molar-refractivity contribution in [2.45, 2.75) is 6.54 Å². The molecule has 0 saturated heterocycles. The van der Waals surface area contributed by atoms with Crippen molar-refractivity contribution in [1.29, 1.82) is 0 Å². The maximum Gasteiger partial charge on any atom is 0.142 e. The molecule has 104 valence electrons. The molecule has 2 aromatic carbocycles. The van der Waals surface area contributed by atoms with Gasteiger partial charge in [0.1, 0.15) is 5.82 Å². The van der Waals surface area contributed by atoms with Crippen LogP contribution in [0.3, 0.4) is 0 Å². The molecule has 0 saturated carbocycles. The smallest absolute Gasteiger partial charge is 0.142 e. The molecule has 0 unspecified atom stereocenters. The van der Waals surface area contributed by atoms with E-state index in [4.69, 9.17) is 10.7 Å². The molecule has 2 aromatic heterocycles. The van der Waals surface area contributed by atoms with E-state index in [1.807, 2.05) is 6.07 Å². The van der Waals surface area contributed by atoms with Crippen molar-refractivity contribution < 1.29 is 0 Å². The van der Waals surface area contributed by atoms with Crippen LogP contribution < -0.4 is 5.73 Å². The third-order valence-corrected chi connectivity index (χ3v) is 4.87. The summed E-state index contributed by atoms with van der Waals surface area (Å²) in [5.74, 6) is 1.01. The van der Waals surface area contributed by atoms with Gasteiger partial charge in [0.25, 0.3) is 0 Å². The summed E-state index contributed by atoms with van der Waals surface area (Å²) in [6.45, 7) is 0.553. The van der Waals surface area contributed by atoms with Gasteiger partial charge in [0.15, 0.2) is 0 Å². The number of hydrogen-bond acceptors (Lipinski definition) is 3. The molecule has 0 atom stereocenters. The topological polar surface area (TPSA) is 43.8 Å². The number of hydrogen-bond donors (Lipinski definition) is 1. The van der Waals surface area contributed by atoms with Crippen molar-refractivity contribution in [2.75, 3.05) is 0 Å². The number of benzene rings is 2. The Morgan fingerprint density at radius 1 is 1.19 bits per heavy atom. The number of fused-ring (bicyclic) bond motifs is 2. The molecule has 4 aromatic rings. The highest BCUT2D eigenvalue weighted by atomic mass is 32.1. The Kier molecular flexibility index (Phi) is 2.80. The number of aromatic nitrogens is 2. The zero-order valence-electron chi connectivity index (χ0n) is 11.7. The van der Waals surface area contributed by atoms with E-state index >= 15 is 0 Å². The first-order valence-corrected chi connectivity index (χ1v) is 7.78. The van der Waals surface area contributed by atoms with E-state index in [-0.39, 0.29) is 0 Å². The van der Waals surface area contributed by atoms with E-state index < -0.39 is 0 Å². The van der Waals surface area contributed by atoms with Gasteiger partial charge < -0.3 is 10.3 Å². The maximum absolute atomic E-state index is 5.74. The zero-order chi connectivity index (χ0) is 14.4. The van der Waals surface area contributed by atoms with Crippen LogP contribution in [0.15, 0.2) is 47.8 Å². The lowest BCUT2D eigenvalue weighted by atomic mass is 10.1. The van der Waals surface area contributed by atoms with E-state index in [0.29, 0.717) is 6.54 Å². The Morgan fingerprint density at radius 2 is 2.05 bits per heavy atom. The molecule has 0 spiro atoms. The molecule has 0 bridgehead atoms. The quantitative estimate of drug-likeness (QED) is 0.609. The highest BCUT2D eigenvalue weighted by molar-refractivity contribution is 7.17. The highest BCUT2D eigenvalue weighted by Crippen LogP contribution is 2.34. The molecule has 0 amide bonds. The Morgan fingerprint density at radius 3 is 2.90 bits per heavy atom. The molecule has 0 radical (unpaired) electrons. The minimum Gasteiger partial charge on any atom is -0.327 e. The number of rotatable bonds is 2. The lowest BCUT2D eigenvalue weighted by molar-refractivity contribution is 0.958. The predicted molar refractivity (Wildman–Crippen MR) is 89.4 cm³/mol. The first-order valence-electron chi connectivity index (χ1n) is 6.90. The summed E-state index contributed by atoms with van der Waals surface area (Å²) in [6, 6.07) is 14.7. The van der Waals surface area contributed by atoms with Gasteiger partial charge in [0, 0.05) is 34.6 Å². The van der Waals surface area contributed by atoms with Crippen molar-refractivity contribution in [3.63, 3.8) is 0 Å². The van der Waals surface area contributed by atoms with Gasteiger partial charge in [-0.1, -0.05) is 24.3 Å². The van der Waals surface area contributed by atoms with Gasteiger partial charge in [-0.25, -0.2) is 4.98 Å². The predicted octanol–water partition coefficient (Wildman–Crippen LogP) is 3.91. The van der Waals surface area contributed by atoms with E-state index in [1.165, 1.54) is 15.6 Å². The summed E-state index contributed by atoms with van der Waals surface area (Å²) < 4.78 is 3.45. The van der Waals surface area contributed by atoms with Crippen molar-refractivity contribution in [2.24, 2.45) is 12.8 Å². The van der Waals surface area contributed by atoms with Crippen LogP contribution in [-0.2, 0) is 13.6 Å². The van der Waals surface area contributed by atoms with Crippen molar-refractivity contribution in [3.05, 3.63) is 53.4 Å². The molecule has 0 aliphatic rings. The van der Waals surface area contributed by atoms with Crippen LogP contribution in [0, 0.1) is 0 Å². The third kappa shape index (κ3) is 1.87. The van der Waals surface area contributed by atoms with Crippen LogP contribution in [0.2, 0.25) is 0 Å². The normalized spacial score (nSPS) is 11.5. The summed E-state index contributed by atoms with van der Waals surface area (Å²) in [6.07, 6.45) is 0. The fraction of sp³-hybridized carbons (Fsp3) is 0.118. The van der Waals surface area contributed by atoms with Crippen LogP contribution in [0.25, 0.3) is 32.5 Å². The maximum atomic E-state index is 5.74. The second-order valence-corrected chi connectivity index (χ2v) is 6.08. The third-order valence-electron chi connectivity index (χ3n) is 3.90. The number of imidazole rings is 1. The Bertz CT molecular complexity index is 949. The highest BCUT2D eigenvalue weighted by Gasteiger charge is 2.13. The van der Waals surface area contributed by atoms with Crippen LogP contribution in [-0.4, -0.2) is 9.55 Å². The molecule has 4 heteroatoms. The van der Waals surface area contributed by atoms with Crippen LogP contribution in [0.5, 0.6) is 0 Å². The van der Waals surface area contributed by atoms with Crippen molar-refractivity contribution in [1.82, 2.24) is 9.55 Å². The molecule has 0 aliphatic carbocycles.